The fraction of sp³-hybridized carbons (Fsp3) is 0.0625. The van der Waals surface area contributed by atoms with Crippen LogP contribution < -0.4 is 4.67 Å². The van der Waals surface area contributed by atoms with Crippen LogP contribution in [0.4, 0.5) is 5.69 Å². The predicted molar refractivity (Wildman–Crippen MR) is 91.1 cm³/mol. The summed E-state index contributed by atoms with van der Waals surface area (Å²) in [5, 5.41) is 0. The van der Waals surface area contributed by atoms with Crippen LogP contribution in [-0.2, 0) is 0 Å². The third-order valence-corrected chi connectivity index (χ3v) is 6.26. The van der Waals surface area contributed by atoms with Gasteiger partial charge in [0.1, 0.15) is 4.67 Å². The van der Waals surface area contributed by atoms with Gasteiger partial charge in [-0.05, 0) is 24.0 Å². The van der Waals surface area contributed by atoms with E-state index < -0.39 is 0 Å². The lowest BCUT2D eigenvalue weighted by molar-refractivity contribution is 1.33. The molecule has 100 valence electrons. The summed E-state index contributed by atoms with van der Waals surface area (Å²) in [6.07, 6.45) is 2.12. The lowest BCUT2D eigenvalue weighted by atomic mass is 10.2. The molecule has 0 spiro atoms. The molecule has 0 unspecified atom stereocenters. The van der Waals surface area contributed by atoms with Gasteiger partial charge in [-0.3, -0.25) is 0 Å². The first kappa shape index (κ1) is 13.6. The van der Waals surface area contributed by atoms with Gasteiger partial charge < -0.3 is 0 Å². The highest BCUT2D eigenvalue weighted by Crippen LogP contribution is 2.34. The Bertz CT molecular complexity index is 742. The maximum atomic E-state index is 4.77. The average Bonchev–Trinajstić information content (AvgIpc) is 2.92. The van der Waals surface area contributed by atoms with E-state index in [-0.39, 0.29) is 0 Å². The van der Waals surface area contributed by atoms with Gasteiger partial charge >= 0.3 is 0 Å². The molecule has 0 aliphatic carbocycles. The molecule has 0 N–H and O–H groups in total. The first-order valence-corrected chi connectivity index (χ1v) is 9.58. The topological polar surface area (TPSA) is 12.4 Å². The van der Waals surface area contributed by atoms with Gasteiger partial charge in [0.15, 0.2) is 0 Å². The number of hydrogen-bond donors (Lipinski definition) is 0. The standard InChI is InChI=1S/C16H13NS3/c1-18-15-14(12-8-4-2-5-9-12)19-20-16(15)17-13-10-6-3-7-11-13/h2-11H,1H3. The van der Waals surface area contributed by atoms with Crippen molar-refractivity contribution in [1.82, 2.24) is 0 Å². The molecule has 0 saturated heterocycles. The van der Waals surface area contributed by atoms with Gasteiger partial charge in [-0.2, -0.15) is 0 Å². The van der Waals surface area contributed by atoms with Gasteiger partial charge in [-0.15, -0.1) is 11.8 Å². The van der Waals surface area contributed by atoms with E-state index in [0.29, 0.717) is 0 Å². The van der Waals surface area contributed by atoms with Gasteiger partial charge in [0.25, 0.3) is 0 Å². The molecule has 20 heavy (non-hydrogen) atoms. The molecule has 0 saturated carbocycles. The maximum Gasteiger partial charge on any atom is 0.141 e. The fourth-order valence-corrected chi connectivity index (χ4v) is 5.82. The van der Waals surface area contributed by atoms with Crippen molar-refractivity contribution < 1.29 is 0 Å². The molecule has 0 amide bonds. The Balaban J connectivity index is 2.11. The first-order valence-electron chi connectivity index (χ1n) is 6.21. The summed E-state index contributed by atoms with van der Waals surface area (Å²) in [6.45, 7) is 0. The number of benzene rings is 2. The minimum atomic E-state index is 1.01. The highest BCUT2D eigenvalue weighted by molar-refractivity contribution is 7.99. The van der Waals surface area contributed by atoms with Crippen molar-refractivity contribution in [2.45, 2.75) is 4.90 Å². The van der Waals surface area contributed by atoms with Crippen molar-refractivity contribution in [3.63, 3.8) is 0 Å². The van der Waals surface area contributed by atoms with Crippen LogP contribution in [0.2, 0.25) is 0 Å². The normalized spacial score (nSPS) is 11.8. The van der Waals surface area contributed by atoms with Crippen LogP contribution in [0.25, 0.3) is 10.4 Å². The van der Waals surface area contributed by atoms with Gasteiger partial charge in [-0.1, -0.05) is 69.2 Å². The maximum absolute atomic E-state index is 4.77. The first-order chi connectivity index (χ1) is 9.88. The van der Waals surface area contributed by atoms with Crippen LogP contribution in [0.5, 0.6) is 0 Å². The molecule has 1 heterocycles. The molecule has 3 rings (SSSR count). The SMILES string of the molecule is CSc1c(-c2ccccc2)ssc1=Nc1ccccc1. The van der Waals surface area contributed by atoms with Crippen LogP contribution in [-0.4, -0.2) is 6.26 Å². The van der Waals surface area contributed by atoms with E-state index >= 15 is 0 Å². The number of hydrogen-bond acceptors (Lipinski definition) is 4. The molecule has 3 aromatic rings. The van der Waals surface area contributed by atoms with Crippen molar-refractivity contribution in [2.24, 2.45) is 4.99 Å². The zero-order valence-electron chi connectivity index (χ0n) is 10.9. The number of para-hydroxylation sites is 1. The molecule has 2 aromatic carbocycles. The molecular formula is C16H13NS3. The molecule has 1 nitrogen and oxygen atoms in total. The largest absolute Gasteiger partial charge is 0.236 e. The molecule has 0 fully saturated rings. The number of thioether (sulfide) groups is 1. The summed E-state index contributed by atoms with van der Waals surface area (Å²) in [5.41, 5.74) is 2.28. The predicted octanol–water partition coefficient (Wildman–Crippen LogP) is 5.43. The van der Waals surface area contributed by atoms with E-state index in [4.69, 9.17) is 4.99 Å². The third kappa shape index (κ3) is 2.87. The van der Waals surface area contributed by atoms with Gasteiger partial charge in [-0.25, -0.2) is 4.99 Å². The van der Waals surface area contributed by atoms with E-state index in [1.165, 1.54) is 15.3 Å². The summed E-state index contributed by atoms with van der Waals surface area (Å²) in [5.74, 6) is 0. The molecule has 4 heteroatoms. The van der Waals surface area contributed by atoms with Crippen molar-refractivity contribution >= 4 is 38.1 Å². The van der Waals surface area contributed by atoms with Crippen LogP contribution in [0.15, 0.2) is 70.6 Å². The monoisotopic (exact) mass is 315 g/mol. The van der Waals surface area contributed by atoms with Gasteiger partial charge in [0.05, 0.1) is 15.5 Å². The van der Waals surface area contributed by atoms with E-state index in [0.717, 1.165) is 10.4 Å². The highest BCUT2D eigenvalue weighted by Gasteiger charge is 2.10. The van der Waals surface area contributed by atoms with E-state index in [2.05, 4.69) is 36.6 Å². The van der Waals surface area contributed by atoms with Gasteiger partial charge in [0.2, 0.25) is 0 Å². The number of rotatable bonds is 3. The minimum Gasteiger partial charge on any atom is -0.236 e. The third-order valence-electron chi connectivity index (χ3n) is 2.83. The molecule has 0 atom stereocenters. The zero-order chi connectivity index (χ0) is 13.8. The quantitative estimate of drug-likeness (QED) is 0.463. The van der Waals surface area contributed by atoms with Crippen LogP contribution in [0.3, 0.4) is 0 Å². The lowest BCUT2D eigenvalue weighted by Gasteiger charge is -1.99. The second-order valence-electron chi connectivity index (χ2n) is 4.15. The average molecular weight is 315 g/mol. The van der Waals surface area contributed by atoms with Crippen LogP contribution in [0, 0.1) is 0 Å². The smallest absolute Gasteiger partial charge is 0.141 e. The lowest BCUT2D eigenvalue weighted by Crippen LogP contribution is -1.95. The second kappa shape index (κ2) is 6.39. The Morgan fingerprint density at radius 1 is 0.850 bits per heavy atom. The van der Waals surface area contributed by atoms with Crippen LogP contribution in [0.1, 0.15) is 0 Å². The zero-order valence-corrected chi connectivity index (χ0v) is 13.4. The van der Waals surface area contributed by atoms with Gasteiger partial charge in [0, 0.05) is 0 Å². The second-order valence-corrected chi connectivity index (χ2v) is 7.09. The van der Waals surface area contributed by atoms with Crippen molar-refractivity contribution in [3.05, 3.63) is 65.3 Å². The molecule has 0 aliphatic rings. The highest BCUT2D eigenvalue weighted by atomic mass is 32.9. The molecule has 0 bridgehead atoms. The number of nitrogens with zero attached hydrogens (tertiary/aromatic N) is 1. The van der Waals surface area contributed by atoms with E-state index in [9.17, 15) is 0 Å². The Kier molecular flexibility index (Phi) is 4.35. The fourth-order valence-electron chi connectivity index (χ4n) is 1.89. The Morgan fingerprint density at radius 2 is 1.50 bits per heavy atom. The van der Waals surface area contributed by atoms with E-state index in [1.807, 2.05) is 30.3 Å². The summed E-state index contributed by atoms with van der Waals surface area (Å²) >= 11 is 1.77. The van der Waals surface area contributed by atoms with Crippen molar-refractivity contribution in [3.8, 4) is 10.4 Å². The molecular weight excluding hydrogens is 302 g/mol. The molecule has 1 aromatic heterocycles. The summed E-state index contributed by atoms with van der Waals surface area (Å²) in [6, 6.07) is 20.7. The van der Waals surface area contributed by atoms with Crippen LogP contribution >= 0.6 is 32.4 Å². The minimum absolute atomic E-state index is 1.01. The summed E-state index contributed by atoms with van der Waals surface area (Å²) in [4.78, 5) is 7.36. The van der Waals surface area contributed by atoms with Crippen molar-refractivity contribution in [2.75, 3.05) is 6.26 Å². The molecule has 0 aliphatic heterocycles. The van der Waals surface area contributed by atoms with E-state index in [1.54, 1.807) is 32.4 Å². The Hall–Kier alpha value is -1.36. The Labute approximate surface area is 130 Å². The molecule has 0 radical (unpaired) electrons. The summed E-state index contributed by atoms with van der Waals surface area (Å²) in [7, 11) is 3.54. The van der Waals surface area contributed by atoms with Crippen molar-refractivity contribution in [1.29, 1.82) is 0 Å². The Morgan fingerprint density at radius 3 is 2.15 bits per heavy atom. The summed E-state index contributed by atoms with van der Waals surface area (Å²) < 4.78 is 1.10.